The fourth-order valence-corrected chi connectivity index (χ4v) is 4.13. The van der Waals surface area contributed by atoms with Crippen molar-refractivity contribution in [3.63, 3.8) is 0 Å². The molecule has 2 heteroatoms. The summed E-state index contributed by atoms with van der Waals surface area (Å²) in [6, 6.07) is 0.482. The van der Waals surface area contributed by atoms with E-state index in [1.54, 1.807) is 0 Å². The maximum absolute atomic E-state index is 12.5. The van der Waals surface area contributed by atoms with Gasteiger partial charge in [0.25, 0.3) is 0 Å². The highest BCUT2D eigenvalue weighted by atomic mass is 16.2. The number of hydrogen-bond acceptors (Lipinski definition) is 1. The van der Waals surface area contributed by atoms with Gasteiger partial charge >= 0.3 is 0 Å². The molecule has 1 aliphatic carbocycles. The van der Waals surface area contributed by atoms with E-state index in [1.165, 1.54) is 19.3 Å². The van der Waals surface area contributed by atoms with Gasteiger partial charge in [0, 0.05) is 18.0 Å². The zero-order valence-electron chi connectivity index (χ0n) is 12.3. The Hall–Kier alpha value is -0.530. The van der Waals surface area contributed by atoms with Crippen molar-refractivity contribution in [1.29, 1.82) is 0 Å². The van der Waals surface area contributed by atoms with Gasteiger partial charge in [0.15, 0.2) is 0 Å². The van der Waals surface area contributed by atoms with Crippen LogP contribution in [-0.4, -0.2) is 23.4 Å². The SMILES string of the molecule is CC1(C)CC2CC(C)(CN2C(=O)C(C)(C)C)C1. The van der Waals surface area contributed by atoms with E-state index in [0.717, 1.165) is 6.54 Å². The van der Waals surface area contributed by atoms with Gasteiger partial charge in [0.05, 0.1) is 0 Å². The number of nitrogens with zero attached hydrogens (tertiary/aromatic N) is 1. The highest BCUT2D eigenvalue weighted by molar-refractivity contribution is 5.82. The largest absolute Gasteiger partial charge is 0.339 e. The van der Waals surface area contributed by atoms with Gasteiger partial charge in [-0.05, 0) is 30.1 Å². The first-order valence-electron chi connectivity index (χ1n) is 6.84. The predicted octanol–water partition coefficient (Wildman–Crippen LogP) is 3.46. The Kier molecular flexibility index (Phi) is 2.65. The third-order valence-corrected chi connectivity index (χ3v) is 4.32. The molecule has 1 aliphatic heterocycles. The first-order chi connectivity index (χ1) is 7.53. The van der Waals surface area contributed by atoms with Gasteiger partial charge in [0.2, 0.25) is 5.91 Å². The zero-order chi connectivity index (χ0) is 13.1. The zero-order valence-corrected chi connectivity index (χ0v) is 12.3. The summed E-state index contributed by atoms with van der Waals surface area (Å²) in [5, 5.41) is 0. The van der Waals surface area contributed by atoms with E-state index in [2.05, 4.69) is 25.7 Å². The van der Waals surface area contributed by atoms with Gasteiger partial charge < -0.3 is 4.90 Å². The molecule has 0 spiro atoms. The van der Waals surface area contributed by atoms with Gasteiger partial charge in [-0.25, -0.2) is 0 Å². The molecule has 2 aliphatic rings. The Labute approximate surface area is 106 Å². The second-order valence-corrected chi connectivity index (χ2v) is 8.40. The van der Waals surface area contributed by atoms with Crippen molar-refractivity contribution in [3.8, 4) is 0 Å². The summed E-state index contributed by atoms with van der Waals surface area (Å²) in [6.07, 6.45) is 3.63. The number of hydrogen-bond donors (Lipinski definition) is 0. The maximum Gasteiger partial charge on any atom is 0.228 e. The average Bonchev–Trinajstić information content (AvgIpc) is 2.31. The maximum atomic E-state index is 12.5. The molecule has 0 aromatic carbocycles. The summed E-state index contributed by atoms with van der Waals surface area (Å²) in [5.74, 6) is 0.337. The van der Waals surface area contributed by atoms with Gasteiger partial charge in [0.1, 0.15) is 0 Å². The van der Waals surface area contributed by atoms with Crippen LogP contribution < -0.4 is 0 Å². The van der Waals surface area contributed by atoms with E-state index in [0.29, 0.717) is 22.8 Å². The molecule has 2 atom stereocenters. The van der Waals surface area contributed by atoms with Crippen molar-refractivity contribution in [2.45, 2.75) is 66.8 Å². The van der Waals surface area contributed by atoms with E-state index in [9.17, 15) is 4.79 Å². The minimum absolute atomic E-state index is 0.238. The summed E-state index contributed by atoms with van der Waals surface area (Å²) >= 11 is 0. The van der Waals surface area contributed by atoms with E-state index in [-0.39, 0.29) is 5.41 Å². The molecular formula is C15H27NO. The molecule has 2 nitrogen and oxygen atoms in total. The fourth-order valence-electron chi connectivity index (χ4n) is 4.13. The Morgan fingerprint density at radius 2 is 1.76 bits per heavy atom. The van der Waals surface area contributed by atoms with Crippen LogP contribution in [0.2, 0.25) is 0 Å². The molecule has 0 aromatic rings. The van der Waals surface area contributed by atoms with E-state index in [1.807, 2.05) is 20.8 Å². The Balaban J connectivity index is 2.22. The van der Waals surface area contributed by atoms with Crippen molar-refractivity contribution in [1.82, 2.24) is 4.90 Å². The smallest absolute Gasteiger partial charge is 0.228 e. The number of rotatable bonds is 0. The van der Waals surface area contributed by atoms with Crippen LogP contribution in [0.4, 0.5) is 0 Å². The van der Waals surface area contributed by atoms with Crippen LogP contribution in [0.15, 0.2) is 0 Å². The Bertz CT molecular complexity index is 339. The summed E-state index contributed by atoms with van der Waals surface area (Å²) in [5.41, 5.74) is 0.510. The number of carbonyl (C=O) groups excluding carboxylic acids is 1. The molecule has 1 saturated heterocycles. The number of amides is 1. The number of likely N-dealkylation sites (tertiary alicyclic amines) is 1. The number of fused-ring (bicyclic) bond motifs is 2. The van der Waals surface area contributed by atoms with Crippen molar-refractivity contribution in [2.75, 3.05) is 6.54 Å². The molecule has 0 aromatic heterocycles. The second kappa shape index (κ2) is 3.49. The summed E-state index contributed by atoms with van der Waals surface area (Å²) in [6.45, 7) is 14.1. The second-order valence-electron chi connectivity index (χ2n) is 8.40. The van der Waals surface area contributed by atoms with Crippen molar-refractivity contribution < 1.29 is 4.79 Å². The van der Waals surface area contributed by atoms with Crippen LogP contribution in [0.5, 0.6) is 0 Å². The Morgan fingerprint density at radius 3 is 2.29 bits per heavy atom. The topological polar surface area (TPSA) is 20.3 Å². The lowest BCUT2D eigenvalue weighted by Gasteiger charge is -2.39. The summed E-state index contributed by atoms with van der Waals surface area (Å²) in [4.78, 5) is 14.7. The third kappa shape index (κ3) is 2.36. The lowest BCUT2D eigenvalue weighted by Crippen LogP contribution is -2.43. The molecule has 98 valence electrons. The standard InChI is InChI=1S/C15H27NO/c1-13(2,3)12(17)16-10-15(6)8-11(16)7-14(4,5)9-15/h11H,7-10H2,1-6H3. The van der Waals surface area contributed by atoms with E-state index >= 15 is 0 Å². The quantitative estimate of drug-likeness (QED) is 0.632. The molecular weight excluding hydrogens is 210 g/mol. The van der Waals surface area contributed by atoms with Crippen LogP contribution >= 0.6 is 0 Å². The molecule has 2 unspecified atom stereocenters. The van der Waals surface area contributed by atoms with Crippen LogP contribution in [0.1, 0.15) is 60.8 Å². The molecule has 1 saturated carbocycles. The third-order valence-electron chi connectivity index (χ3n) is 4.32. The normalized spacial score (nSPS) is 36.1. The van der Waals surface area contributed by atoms with Gasteiger partial charge in [-0.1, -0.05) is 41.5 Å². The summed E-state index contributed by atoms with van der Waals surface area (Å²) < 4.78 is 0. The average molecular weight is 237 g/mol. The highest BCUT2D eigenvalue weighted by Crippen LogP contribution is 2.53. The van der Waals surface area contributed by atoms with E-state index in [4.69, 9.17) is 0 Å². The monoisotopic (exact) mass is 237 g/mol. The molecule has 0 N–H and O–H groups in total. The first-order valence-corrected chi connectivity index (χ1v) is 6.84. The highest BCUT2D eigenvalue weighted by Gasteiger charge is 2.52. The Morgan fingerprint density at radius 1 is 1.18 bits per heavy atom. The molecule has 0 radical (unpaired) electrons. The molecule has 2 fully saturated rings. The van der Waals surface area contributed by atoms with Gasteiger partial charge in [-0.3, -0.25) is 4.79 Å². The molecule has 1 amide bonds. The van der Waals surface area contributed by atoms with Crippen molar-refractivity contribution in [2.24, 2.45) is 16.2 Å². The first kappa shape index (κ1) is 12.9. The van der Waals surface area contributed by atoms with Crippen LogP contribution in [0.3, 0.4) is 0 Å². The fraction of sp³-hybridized carbons (Fsp3) is 0.933. The van der Waals surface area contributed by atoms with Gasteiger partial charge in [-0.15, -0.1) is 0 Å². The lowest BCUT2D eigenvalue weighted by molar-refractivity contribution is -0.140. The summed E-state index contributed by atoms with van der Waals surface area (Å²) in [7, 11) is 0. The van der Waals surface area contributed by atoms with Crippen LogP contribution in [0, 0.1) is 16.2 Å². The minimum Gasteiger partial charge on any atom is -0.339 e. The predicted molar refractivity (Wildman–Crippen MR) is 70.7 cm³/mol. The van der Waals surface area contributed by atoms with E-state index < -0.39 is 0 Å². The molecule has 17 heavy (non-hydrogen) atoms. The number of carbonyl (C=O) groups is 1. The van der Waals surface area contributed by atoms with Crippen molar-refractivity contribution >= 4 is 5.91 Å². The van der Waals surface area contributed by atoms with Gasteiger partial charge in [-0.2, -0.15) is 0 Å². The molecule has 2 bridgehead atoms. The minimum atomic E-state index is -0.238. The lowest BCUT2D eigenvalue weighted by atomic mass is 9.65. The molecule has 1 heterocycles. The van der Waals surface area contributed by atoms with Crippen LogP contribution in [-0.2, 0) is 4.79 Å². The molecule has 2 rings (SSSR count). The van der Waals surface area contributed by atoms with Crippen molar-refractivity contribution in [3.05, 3.63) is 0 Å². The van der Waals surface area contributed by atoms with Crippen LogP contribution in [0.25, 0.3) is 0 Å².